The molecule has 3 nitrogen and oxygen atoms in total. The molecule has 0 bridgehead atoms. The minimum atomic E-state index is -3.15. The van der Waals surface area contributed by atoms with Crippen LogP contribution in [0.4, 0.5) is 5.69 Å². The van der Waals surface area contributed by atoms with Crippen LogP contribution in [-0.4, -0.2) is 20.7 Å². The van der Waals surface area contributed by atoms with Crippen molar-refractivity contribution in [3.05, 3.63) is 24.3 Å². The van der Waals surface area contributed by atoms with Gasteiger partial charge >= 0.3 is 0 Å². The van der Waals surface area contributed by atoms with Gasteiger partial charge in [0.1, 0.15) is 0 Å². The van der Waals surface area contributed by atoms with Crippen LogP contribution in [0.15, 0.2) is 29.2 Å². The van der Waals surface area contributed by atoms with Gasteiger partial charge in [0.05, 0.1) is 16.3 Å². The summed E-state index contributed by atoms with van der Waals surface area (Å²) >= 11 is 0. The number of anilines is 1. The molecule has 17 heavy (non-hydrogen) atoms. The fourth-order valence-corrected chi connectivity index (χ4v) is 2.54. The molecule has 0 aliphatic heterocycles. The van der Waals surface area contributed by atoms with E-state index in [-0.39, 0.29) is 5.75 Å². The van der Waals surface area contributed by atoms with Crippen molar-refractivity contribution in [3.63, 3.8) is 0 Å². The second-order valence-corrected chi connectivity index (χ2v) is 6.54. The molecule has 1 unspecified atom stereocenters. The summed E-state index contributed by atoms with van der Waals surface area (Å²) in [5.74, 6) is 0.669. The normalized spacial score (nSPS) is 13.4. The molecular formula is C13H21NO2S. The molecule has 0 aliphatic carbocycles. The van der Waals surface area contributed by atoms with Gasteiger partial charge in [-0.25, -0.2) is 8.42 Å². The molecule has 0 aliphatic rings. The Kier molecular flexibility index (Phi) is 5.00. The summed E-state index contributed by atoms with van der Waals surface area (Å²) in [5, 5.41) is 3.23. The molecule has 1 aromatic carbocycles. The Bertz CT molecular complexity index is 454. The standard InChI is InChI=1S/C13H21NO2S/c1-4-11(3)10-14-12-8-6-7-9-13(12)17(15,16)5-2/h6-9,11,14H,4-5,10H2,1-3H3. The van der Waals surface area contributed by atoms with E-state index in [0.717, 1.165) is 18.7 Å². The Hall–Kier alpha value is -1.03. The van der Waals surface area contributed by atoms with Crippen molar-refractivity contribution in [2.45, 2.75) is 32.1 Å². The van der Waals surface area contributed by atoms with Gasteiger partial charge in [-0.2, -0.15) is 0 Å². The third-order valence-electron chi connectivity index (χ3n) is 2.94. The molecule has 4 heteroatoms. The molecule has 0 radical (unpaired) electrons. The third-order valence-corrected chi connectivity index (χ3v) is 4.73. The zero-order chi connectivity index (χ0) is 12.9. The maximum Gasteiger partial charge on any atom is 0.180 e. The van der Waals surface area contributed by atoms with Gasteiger partial charge < -0.3 is 5.32 Å². The van der Waals surface area contributed by atoms with Gasteiger partial charge in [0.25, 0.3) is 0 Å². The third kappa shape index (κ3) is 3.73. The van der Waals surface area contributed by atoms with E-state index < -0.39 is 9.84 Å². The fraction of sp³-hybridized carbons (Fsp3) is 0.538. The lowest BCUT2D eigenvalue weighted by atomic mass is 10.1. The average molecular weight is 255 g/mol. The molecule has 0 amide bonds. The SMILES string of the molecule is CCC(C)CNc1ccccc1S(=O)(=O)CC. The van der Waals surface area contributed by atoms with E-state index >= 15 is 0 Å². The Morgan fingerprint density at radius 1 is 1.24 bits per heavy atom. The van der Waals surface area contributed by atoms with Crippen LogP contribution < -0.4 is 5.32 Å². The van der Waals surface area contributed by atoms with Crippen LogP contribution in [0.25, 0.3) is 0 Å². The van der Waals surface area contributed by atoms with Crippen LogP contribution in [0.2, 0.25) is 0 Å². The van der Waals surface area contributed by atoms with E-state index in [4.69, 9.17) is 0 Å². The quantitative estimate of drug-likeness (QED) is 0.850. The van der Waals surface area contributed by atoms with Crippen LogP contribution in [0.5, 0.6) is 0 Å². The van der Waals surface area contributed by atoms with Gasteiger partial charge in [0.15, 0.2) is 9.84 Å². The smallest absolute Gasteiger partial charge is 0.180 e. The summed E-state index contributed by atoms with van der Waals surface area (Å²) in [4.78, 5) is 0.408. The van der Waals surface area contributed by atoms with E-state index in [1.165, 1.54) is 0 Å². The molecule has 0 fully saturated rings. The van der Waals surface area contributed by atoms with E-state index in [0.29, 0.717) is 10.8 Å². The van der Waals surface area contributed by atoms with Crippen molar-refractivity contribution < 1.29 is 8.42 Å². The number of benzene rings is 1. The molecule has 1 aromatic rings. The van der Waals surface area contributed by atoms with Crippen molar-refractivity contribution >= 4 is 15.5 Å². The van der Waals surface area contributed by atoms with Gasteiger partial charge in [-0.1, -0.05) is 39.3 Å². The maximum absolute atomic E-state index is 11.9. The van der Waals surface area contributed by atoms with E-state index in [2.05, 4.69) is 19.2 Å². The molecule has 0 saturated heterocycles. The first-order chi connectivity index (χ1) is 8.01. The Balaban J connectivity index is 2.93. The van der Waals surface area contributed by atoms with Gasteiger partial charge in [0, 0.05) is 6.54 Å². The van der Waals surface area contributed by atoms with E-state index in [9.17, 15) is 8.42 Å². The summed E-state index contributed by atoms with van der Waals surface area (Å²) in [6.45, 7) is 6.73. The highest BCUT2D eigenvalue weighted by atomic mass is 32.2. The number of sulfone groups is 1. The fourth-order valence-electron chi connectivity index (χ4n) is 1.47. The zero-order valence-electron chi connectivity index (χ0n) is 10.7. The predicted molar refractivity (Wildman–Crippen MR) is 72.1 cm³/mol. The monoisotopic (exact) mass is 255 g/mol. The van der Waals surface area contributed by atoms with Crippen molar-refractivity contribution in [3.8, 4) is 0 Å². The molecule has 0 heterocycles. The van der Waals surface area contributed by atoms with E-state index in [1.807, 2.05) is 12.1 Å². The number of hydrogen-bond donors (Lipinski definition) is 1. The minimum absolute atomic E-state index is 0.134. The van der Waals surface area contributed by atoms with Crippen molar-refractivity contribution in [2.24, 2.45) is 5.92 Å². The molecule has 0 aromatic heterocycles. The number of hydrogen-bond acceptors (Lipinski definition) is 3. The maximum atomic E-state index is 11.9. The molecular weight excluding hydrogens is 234 g/mol. The number of rotatable bonds is 6. The Morgan fingerprint density at radius 3 is 2.47 bits per heavy atom. The zero-order valence-corrected chi connectivity index (χ0v) is 11.5. The second kappa shape index (κ2) is 6.05. The molecule has 0 spiro atoms. The van der Waals surface area contributed by atoms with Crippen molar-refractivity contribution in [2.75, 3.05) is 17.6 Å². The van der Waals surface area contributed by atoms with Gasteiger partial charge in [-0.15, -0.1) is 0 Å². The summed E-state index contributed by atoms with van der Waals surface area (Å²) < 4.78 is 23.8. The first kappa shape index (κ1) is 14.0. The van der Waals surface area contributed by atoms with Crippen molar-refractivity contribution in [1.29, 1.82) is 0 Å². The summed E-state index contributed by atoms with van der Waals surface area (Å²) in [6.07, 6.45) is 1.08. The number of para-hydroxylation sites is 1. The van der Waals surface area contributed by atoms with Gasteiger partial charge in [0.2, 0.25) is 0 Å². The Labute approximate surface area is 104 Å². The lowest BCUT2D eigenvalue weighted by Crippen LogP contribution is -2.14. The number of nitrogens with one attached hydrogen (secondary N) is 1. The van der Waals surface area contributed by atoms with Crippen molar-refractivity contribution in [1.82, 2.24) is 0 Å². The average Bonchev–Trinajstić information content (AvgIpc) is 2.36. The predicted octanol–water partition coefficient (Wildman–Crippen LogP) is 2.94. The van der Waals surface area contributed by atoms with Gasteiger partial charge in [-0.3, -0.25) is 0 Å². The molecule has 0 saturated carbocycles. The van der Waals surface area contributed by atoms with E-state index in [1.54, 1.807) is 19.1 Å². The van der Waals surface area contributed by atoms with Crippen LogP contribution in [0, 0.1) is 5.92 Å². The highest BCUT2D eigenvalue weighted by Crippen LogP contribution is 2.22. The Morgan fingerprint density at radius 2 is 1.88 bits per heavy atom. The molecule has 96 valence electrons. The molecule has 1 atom stereocenters. The van der Waals surface area contributed by atoms with Crippen LogP contribution in [-0.2, 0) is 9.84 Å². The lowest BCUT2D eigenvalue weighted by Gasteiger charge is -2.14. The highest BCUT2D eigenvalue weighted by Gasteiger charge is 2.15. The topological polar surface area (TPSA) is 46.2 Å². The molecule has 1 N–H and O–H groups in total. The van der Waals surface area contributed by atoms with Gasteiger partial charge in [-0.05, 0) is 18.1 Å². The first-order valence-corrected chi connectivity index (χ1v) is 7.72. The van der Waals surface area contributed by atoms with Crippen LogP contribution >= 0.6 is 0 Å². The highest BCUT2D eigenvalue weighted by molar-refractivity contribution is 7.91. The largest absolute Gasteiger partial charge is 0.384 e. The summed E-state index contributed by atoms with van der Waals surface area (Å²) in [6, 6.07) is 7.10. The lowest BCUT2D eigenvalue weighted by molar-refractivity contribution is 0.589. The first-order valence-electron chi connectivity index (χ1n) is 6.07. The minimum Gasteiger partial charge on any atom is -0.384 e. The second-order valence-electron chi connectivity index (χ2n) is 4.29. The summed E-state index contributed by atoms with van der Waals surface area (Å²) in [5.41, 5.74) is 0.717. The van der Waals surface area contributed by atoms with Crippen LogP contribution in [0.1, 0.15) is 27.2 Å². The van der Waals surface area contributed by atoms with Crippen LogP contribution in [0.3, 0.4) is 0 Å². The molecule has 1 rings (SSSR count). The summed E-state index contributed by atoms with van der Waals surface area (Å²) in [7, 11) is -3.15.